The molecule has 3 rings (SSSR count). The molecule has 0 unspecified atom stereocenters. The molecular weight excluding hydrogens is 318 g/mol. The molecule has 0 spiro atoms. The first-order chi connectivity index (χ1) is 10.4. The third-order valence-corrected chi connectivity index (χ3v) is 5.33. The van der Waals surface area contributed by atoms with Gasteiger partial charge in [0.25, 0.3) is 0 Å². The second kappa shape index (κ2) is 5.68. The monoisotopic (exact) mass is 333 g/mol. The van der Waals surface area contributed by atoms with Crippen LogP contribution in [0.25, 0.3) is 10.7 Å². The van der Waals surface area contributed by atoms with E-state index in [1.807, 2.05) is 16.1 Å². The lowest BCUT2D eigenvalue weighted by Gasteiger charge is -2.08. The first-order valence-electron chi connectivity index (χ1n) is 6.62. The molecule has 2 aromatic heterocycles. The van der Waals surface area contributed by atoms with Crippen LogP contribution in [0.2, 0.25) is 0 Å². The number of rotatable bonds is 4. The maximum absolute atomic E-state index is 11.3. The van der Waals surface area contributed by atoms with Gasteiger partial charge in [-0.25, -0.2) is 18.5 Å². The number of nitrogens with two attached hydrogens (primary N) is 1. The predicted molar refractivity (Wildman–Crippen MR) is 87.2 cm³/mol. The van der Waals surface area contributed by atoms with Gasteiger partial charge in [-0.2, -0.15) is 0 Å². The molecule has 0 saturated carbocycles. The van der Waals surface area contributed by atoms with E-state index < -0.39 is 10.0 Å². The number of nitrogens with zero attached hydrogens (tertiary/aromatic N) is 2. The van der Waals surface area contributed by atoms with Crippen LogP contribution in [0.5, 0.6) is 0 Å². The van der Waals surface area contributed by atoms with Gasteiger partial charge in [-0.05, 0) is 41.6 Å². The van der Waals surface area contributed by atoms with E-state index in [2.05, 4.69) is 18.0 Å². The summed E-state index contributed by atoms with van der Waals surface area (Å²) in [6.45, 7) is 2.68. The molecule has 0 aliphatic carbocycles. The van der Waals surface area contributed by atoms with Gasteiger partial charge in [-0.1, -0.05) is 12.1 Å². The molecule has 2 heterocycles. The van der Waals surface area contributed by atoms with Crippen LogP contribution in [0.3, 0.4) is 0 Å². The highest BCUT2D eigenvalue weighted by Gasteiger charge is 2.11. The zero-order valence-corrected chi connectivity index (χ0v) is 13.6. The Hall–Kier alpha value is -1.96. The van der Waals surface area contributed by atoms with Gasteiger partial charge in [0.15, 0.2) is 5.82 Å². The summed E-state index contributed by atoms with van der Waals surface area (Å²) in [5.74, 6) is 0.919. The molecule has 0 aliphatic heterocycles. The van der Waals surface area contributed by atoms with Crippen molar-refractivity contribution in [2.75, 3.05) is 0 Å². The maximum Gasteiger partial charge on any atom is 0.238 e. The van der Waals surface area contributed by atoms with Crippen molar-refractivity contribution in [2.45, 2.75) is 18.4 Å². The van der Waals surface area contributed by atoms with E-state index in [1.54, 1.807) is 29.7 Å². The van der Waals surface area contributed by atoms with Crippen LogP contribution in [0.4, 0.5) is 0 Å². The molecule has 7 heteroatoms. The molecule has 0 radical (unpaired) electrons. The Kier molecular flexibility index (Phi) is 3.86. The minimum absolute atomic E-state index is 0.121. The number of thiophene rings is 1. The summed E-state index contributed by atoms with van der Waals surface area (Å²) in [6, 6.07) is 8.66. The van der Waals surface area contributed by atoms with E-state index >= 15 is 0 Å². The number of hydrogen-bond donors (Lipinski definition) is 1. The lowest BCUT2D eigenvalue weighted by Crippen LogP contribution is -2.12. The van der Waals surface area contributed by atoms with Crippen molar-refractivity contribution in [3.8, 4) is 10.7 Å². The van der Waals surface area contributed by atoms with E-state index in [0.29, 0.717) is 6.54 Å². The number of aromatic nitrogens is 2. The Balaban J connectivity index is 1.89. The van der Waals surface area contributed by atoms with Crippen molar-refractivity contribution in [3.63, 3.8) is 0 Å². The summed E-state index contributed by atoms with van der Waals surface area (Å²) < 4.78 is 24.6. The normalized spacial score (nSPS) is 11.7. The van der Waals surface area contributed by atoms with Gasteiger partial charge in [0.2, 0.25) is 10.0 Å². The highest BCUT2D eigenvalue weighted by atomic mass is 32.2. The fraction of sp³-hybridized carbons (Fsp3) is 0.133. The maximum atomic E-state index is 11.3. The molecular formula is C15H15N3O2S2. The lowest BCUT2D eigenvalue weighted by atomic mass is 10.2. The number of imidazole rings is 1. The van der Waals surface area contributed by atoms with Gasteiger partial charge in [-0.15, -0.1) is 11.3 Å². The van der Waals surface area contributed by atoms with E-state index in [9.17, 15) is 8.42 Å². The van der Waals surface area contributed by atoms with Crippen LogP contribution in [-0.4, -0.2) is 18.0 Å². The number of aryl methyl sites for hydroxylation is 1. The van der Waals surface area contributed by atoms with Gasteiger partial charge in [-0.3, -0.25) is 0 Å². The number of benzene rings is 1. The lowest BCUT2D eigenvalue weighted by molar-refractivity contribution is 0.597. The molecule has 0 atom stereocenters. The third-order valence-electron chi connectivity index (χ3n) is 3.39. The molecule has 0 fully saturated rings. The van der Waals surface area contributed by atoms with Crippen LogP contribution in [0.1, 0.15) is 11.1 Å². The van der Waals surface area contributed by atoms with Crippen LogP contribution >= 0.6 is 11.3 Å². The molecule has 22 heavy (non-hydrogen) atoms. The van der Waals surface area contributed by atoms with E-state index in [4.69, 9.17) is 5.14 Å². The van der Waals surface area contributed by atoms with Crippen molar-refractivity contribution >= 4 is 21.4 Å². The van der Waals surface area contributed by atoms with Crippen LogP contribution in [-0.2, 0) is 16.6 Å². The van der Waals surface area contributed by atoms with Gasteiger partial charge in [0, 0.05) is 18.9 Å². The van der Waals surface area contributed by atoms with Gasteiger partial charge >= 0.3 is 0 Å². The third kappa shape index (κ3) is 2.96. The summed E-state index contributed by atoms with van der Waals surface area (Å²) in [5, 5.41) is 7.15. The first-order valence-corrected chi connectivity index (χ1v) is 9.05. The van der Waals surface area contributed by atoms with Crippen molar-refractivity contribution in [3.05, 3.63) is 59.2 Å². The fourth-order valence-electron chi connectivity index (χ4n) is 2.23. The quantitative estimate of drug-likeness (QED) is 0.797. The van der Waals surface area contributed by atoms with Crippen LogP contribution in [0.15, 0.2) is 53.0 Å². The minimum atomic E-state index is -3.65. The van der Waals surface area contributed by atoms with Gasteiger partial charge in [0.1, 0.15) is 0 Å². The second-order valence-corrected chi connectivity index (χ2v) is 7.48. The number of primary sulfonamides is 1. The van der Waals surface area contributed by atoms with Gasteiger partial charge < -0.3 is 4.57 Å². The summed E-state index contributed by atoms with van der Waals surface area (Å²) in [7, 11) is -3.65. The molecule has 1 aromatic carbocycles. The molecule has 0 amide bonds. The van der Waals surface area contributed by atoms with E-state index in [0.717, 1.165) is 16.3 Å². The smallest absolute Gasteiger partial charge is 0.238 e. The largest absolute Gasteiger partial charge is 0.326 e. The Morgan fingerprint density at radius 2 is 1.95 bits per heavy atom. The van der Waals surface area contributed by atoms with E-state index in [1.165, 1.54) is 17.7 Å². The molecule has 2 N–H and O–H groups in total. The summed E-state index contributed by atoms with van der Waals surface area (Å²) in [6.07, 6.45) is 3.69. The Labute approximate surface area is 133 Å². The van der Waals surface area contributed by atoms with Crippen molar-refractivity contribution in [1.82, 2.24) is 9.55 Å². The molecule has 0 saturated heterocycles. The SMILES string of the molecule is Cc1ccsc1-c1nccn1Cc1ccc(S(N)(=O)=O)cc1. The average molecular weight is 333 g/mol. The fourth-order valence-corrected chi connectivity index (χ4v) is 3.68. The average Bonchev–Trinajstić information content (AvgIpc) is 3.07. The highest BCUT2D eigenvalue weighted by Crippen LogP contribution is 2.28. The summed E-state index contributed by atoms with van der Waals surface area (Å²) in [4.78, 5) is 5.70. The van der Waals surface area contributed by atoms with Crippen molar-refractivity contribution < 1.29 is 8.42 Å². The Morgan fingerprint density at radius 1 is 1.23 bits per heavy atom. The zero-order chi connectivity index (χ0) is 15.7. The summed E-state index contributed by atoms with van der Waals surface area (Å²) in [5.41, 5.74) is 2.18. The summed E-state index contributed by atoms with van der Waals surface area (Å²) >= 11 is 1.66. The minimum Gasteiger partial charge on any atom is -0.326 e. The standard InChI is InChI=1S/C15H15N3O2S2/c1-11-6-9-21-14(11)15-17-7-8-18(15)10-12-2-4-13(5-3-12)22(16,19)20/h2-9H,10H2,1H3,(H2,16,19,20). The first kappa shape index (κ1) is 15.0. The molecule has 5 nitrogen and oxygen atoms in total. The van der Waals surface area contributed by atoms with Crippen LogP contribution in [0, 0.1) is 6.92 Å². The van der Waals surface area contributed by atoms with E-state index in [-0.39, 0.29) is 4.90 Å². The molecule has 0 bridgehead atoms. The zero-order valence-electron chi connectivity index (χ0n) is 11.9. The van der Waals surface area contributed by atoms with Gasteiger partial charge in [0.05, 0.1) is 9.77 Å². The molecule has 0 aliphatic rings. The van der Waals surface area contributed by atoms with Crippen molar-refractivity contribution in [2.24, 2.45) is 5.14 Å². The molecule has 114 valence electrons. The molecule has 3 aromatic rings. The highest BCUT2D eigenvalue weighted by molar-refractivity contribution is 7.89. The Bertz CT molecular complexity index is 893. The topological polar surface area (TPSA) is 78.0 Å². The second-order valence-electron chi connectivity index (χ2n) is 5.00. The number of sulfonamides is 1. The van der Waals surface area contributed by atoms with Crippen LogP contribution < -0.4 is 5.14 Å². The van der Waals surface area contributed by atoms with Crippen molar-refractivity contribution in [1.29, 1.82) is 0 Å². The predicted octanol–water partition coefficient (Wildman–Crippen LogP) is 2.62. The Morgan fingerprint density at radius 3 is 2.55 bits per heavy atom. The number of hydrogen-bond acceptors (Lipinski definition) is 4.